The highest BCUT2D eigenvalue weighted by Gasteiger charge is 2.17. The molecule has 102 valence electrons. The fourth-order valence-corrected chi connectivity index (χ4v) is 2.95. The highest BCUT2D eigenvalue weighted by atomic mass is 14.9. The van der Waals surface area contributed by atoms with Crippen LogP contribution < -0.4 is 5.32 Å². The zero-order valence-electron chi connectivity index (χ0n) is 12.5. The van der Waals surface area contributed by atoms with Gasteiger partial charge in [-0.1, -0.05) is 52.9 Å². The molecule has 17 heavy (non-hydrogen) atoms. The molecule has 1 heteroatoms. The van der Waals surface area contributed by atoms with Crippen LogP contribution in [0.3, 0.4) is 0 Å². The van der Waals surface area contributed by atoms with Gasteiger partial charge in [0.05, 0.1) is 0 Å². The quantitative estimate of drug-likeness (QED) is 0.704. The Morgan fingerprint density at radius 3 is 2.24 bits per heavy atom. The Hall–Kier alpha value is -0.0400. The van der Waals surface area contributed by atoms with E-state index >= 15 is 0 Å². The Bertz CT molecular complexity index is 186. The molecule has 1 aliphatic carbocycles. The van der Waals surface area contributed by atoms with Crippen LogP contribution in [0.15, 0.2) is 0 Å². The van der Waals surface area contributed by atoms with E-state index < -0.39 is 0 Å². The summed E-state index contributed by atoms with van der Waals surface area (Å²) in [6, 6.07) is 0.746. The Morgan fingerprint density at radius 1 is 1.06 bits per heavy atom. The molecule has 0 aromatic rings. The fourth-order valence-electron chi connectivity index (χ4n) is 2.95. The minimum Gasteiger partial charge on any atom is -0.317 e. The molecule has 1 rings (SSSR count). The van der Waals surface area contributed by atoms with Crippen molar-refractivity contribution >= 4 is 0 Å². The van der Waals surface area contributed by atoms with E-state index in [2.05, 4.69) is 33.1 Å². The van der Waals surface area contributed by atoms with Crippen LogP contribution in [-0.4, -0.2) is 13.1 Å². The molecule has 1 aliphatic rings. The first-order valence-corrected chi connectivity index (χ1v) is 7.68. The molecule has 1 atom stereocenters. The highest BCUT2D eigenvalue weighted by Crippen LogP contribution is 2.29. The number of hydrogen-bond acceptors (Lipinski definition) is 1. The second kappa shape index (κ2) is 7.41. The molecular weight excluding hydrogens is 206 g/mol. The third-order valence-electron chi connectivity index (χ3n) is 4.30. The van der Waals surface area contributed by atoms with Crippen LogP contribution in [0.2, 0.25) is 0 Å². The van der Waals surface area contributed by atoms with Crippen molar-refractivity contribution in [1.29, 1.82) is 0 Å². The van der Waals surface area contributed by atoms with Crippen molar-refractivity contribution in [3.05, 3.63) is 0 Å². The number of nitrogens with one attached hydrogen (secondary N) is 1. The van der Waals surface area contributed by atoms with Crippen molar-refractivity contribution in [2.24, 2.45) is 11.3 Å². The highest BCUT2D eigenvalue weighted by molar-refractivity contribution is 4.73. The van der Waals surface area contributed by atoms with Gasteiger partial charge in [0.1, 0.15) is 0 Å². The molecule has 0 spiro atoms. The molecule has 1 saturated carbocycles. The predicted molar refractivity (Wildman–Crippen MR) is 77.3 cm³/mol. The summed E-state index contributed by atoms with van der Waals surface area (Å²) in [5.74, 6) is 1.04. The van der Waals surface area contributed by atoms with Gasteiger partial charge in [-0.25, -0.2) is 0 Å². The Labute approximate surface area is 109 Å². The molecule has 0 bridgehead atoms. The van der Waals surface area contributed by atoms with E-state index in [1.54, 1.807) is 0 Å². The van der Waals surface area contributed by atoms with E-state index in [4.69, 9.17) is 0 Å². The molecule has 0 radical (unpaired) electrons. The SMILES string of the molecule is CNC(CCC1CCCCC1)CCC(C)(C)C. The molecule has 1 unspecified atom stereocenters. The Kier molecular flexibility index (Phi) is 6.54. The maximum atomic E-state index is 3.51. The summed E-state index contributed by atoms with van der Waals surface area (Å²) in [4.78, 5) is 0. The van der Waals surface area contributed by atoms with Gasteiger partial charge in [0.2, 0.25) is 0 Å². The predicted octanol–water partition coefficient (Wildman–Crippen LogP) is 4.76. The zero-order chi connectivity index (χ0) is 12.7. The summed E-state index contributed by atoms with van der Waals surface area (Å²) in [5, 5.41) is 3.51. The fraction of sp³-hybridized carbons (Fsp3) is 1.00. The average molecular weight is 239 g/mol. The monoisotopic (exact) mass is 239 g/mol. The van der Waals surface area contributed by atoms with Crippen LogP contribution >= 0.6 is 0 Å². The average Bonchev–Trinajstić information content (AvgIpc) is 2.29. The van der Waals surface area contributed by atoms with Crippen molar-refractivity contribution in [3.63, 3.8) is 0 Å². The van der Waals surface area contributed by atoms with Gasteiger partial charge < -0.3 is 5.32 Å². The summed E-state index contributed by atoms with van der Waals surface area (Å²) >= 11 is 0. The van der Waals surface area contributed by atoms with Gasteiger partial charge in [0.25, 0.3) is 0 Å². The van der Waals surface area contributed by atoms with E-state index in [0.29, 0.717) is 5.41 Å². The molecule has 0 aromatic heterocycles. The molecule has 0 saturated heterocycles. The topological polar surface area (TPSA) is 12.0 Å². The minimum atomic E-state index is 0.486. The maximum absolute atomic E-state index is 3.51. The van der Waals surface area contributed by atoms with E-state index in [1.807, 2.05) is 0 Å². The minimum absolute atomic E-state index is 0.486. The summed E-state index contributed by atoms with van der Waals surface area (Å²) < 4.78 is 0. The molecule has 0 heterocycles. The first kappa shape index (κ1) is 15.0. The van der Waals surface area contributed by atoms with Crippen LogP contribution in [0.25, 0.3) is 0 Å². The maximum Gasteiger partial charge on any atom is 0.00643 e. The smallest absolute Gasteiger partial charge is 0.00643 e. The van der Waals surface area contributed by atoms with Crippen molar-refractivity contribution in [1.82, 2.24) is 5.32 Å². The lowest BCUT2D eigenvalue weighted by atomic mass is 9.83. The Balaban J connectivity index is 2.17. The summed E-state index contributed by atoms with van der Waals surface area (Å²) in [5.41, 5.74) is 0.486. The lowest BCUT2D eigenvalue weighted by molar-refractivity contribution is 0.291. The second-order valence-electron chi connectivity index (χ2n) is 7.17. The van der Waals surface area contributed by atoms with Crippen LogP contribution in [0, 0.1) is 11.3 Å². The zero-order valence-corrected chi connectivity index (χ0v) is 12.5. The molecule has 1 N–H and O–H groups in total. The normalized spacial score (nSPS) is 20.5. The van der Waals surface area contributed by atoms with E-state index in [0.717, 1.165) is 12.0 Å². The van der Waals surface area contributed by atoms with Crippen LogP contribution in [0.4, 0.5) is 0 Å². The first-order valence-electron chi connectivity index (χ1n) is 7.68. The van der Waals surface area contributed by atoms with Crippen LogP contribution in [-0.2, 0) is 0 Å². The van der Waals surface area contributed by atoms with Crippen molar-refractivity contribution < 1.29 is 0 Å². The third kappa shape index (κ3) is 7.08. The van der Waals surface area contributed by atoms with Crippen molar-refractivity contribution in [2.75, 3.05) is 7.05 Å². The molecule has 0 amide bonds. The summed E-state index contributed by atoms with van der Waals surface area (Å²) in [6.45, 7) is 7.04. The number of hydrogen-bond donors (Lipinski definition) is 1. The molecule has 0 aromatic carbocycles. The third-order valence-corrected chi connectivity index (χ3v) is 4.30. The molecule has 1 nitrogen and oxygen atoms in total. The van der Waals surface area contributed by atoms with E-state index in [1.165, 1.54) is 57.8 Å². The lowest BCUT2D eigenvalue weighted by Crippen LogP contribution is -2.27. The first-order chi connectivity index (χ1) is 8.01. The summed E-state index contributed by atoms with van der Waals surface area (Å²) in [7, 11) is 2.13. The van der Waals surface area contributed by atoms with Gasteiger partial charge in [-0.3, -0.25) is 0 Å². The van der Waals surface area contributed by atoms with Crippen molar-refractivity contribution in [3.8, 4) is 0 Å². The van der Waals surface area contributed by atoms with Gasteiger partial charge in [-0.05, 0) is 44.1 Å². The standard InChI is InChI=1S/C16H33N/c1-16(2,3)13-12-15(17-4)11-10-14-8-6-5-7-9-14/h14-15,17H,5-13H2,1-4H3. The van der Waals surface area contributed by atoms with Crippen molar-refractivity contribution in [2.45, 2.75) is 84.6 Å². The van der Waals surface area contributed by atoms with Gasteiger partial charge in [-0.2, -0.15) is 0 Å². The van der Waals surface area contributed by atoms with Gasteiger partial charge in [0, 0.05) is 6.04 Å². The largest absolute Gasteiger partial charge is 0.317 e. The summed E-state index contributed by atoms with van der Waals surface area (Å²) in [6.07, 6.45) is 13.0. The molecular formula is C16H33N. The van der Waals surface area contributed by atoms with Gasteiger partial charge >= 0.3 is 0 Å². The van der Waals surface area contributed by atoms with Gasteiger partial charge in [-0.15, -0.1) is 0 Å². The number of rotatable bonds is 6. The molecule has 0 aliphatic heterocycles. The lowest BCUT2D eigenvalue weighted by Gasteiger charge is -2.26. The van der Waals surface area contributed by atoms with Gasteiger partial charge in [0.15, 0.2) is 0 Å². The van der Waals surface area contributed by atoms with Crippen LogP contribution in [0.5, 0.6) is 0 Å². The second-order valence-corrected chi connectivity index (χ2v) is 7.17. The Morgan fingerprint density at radius 2 is 1.71 bits per heavy atom. The van der Waals surface area contributed by atoms with E-state index in [9.17, 15) is 0 Å². The van der Waals surface area contributed by atoms with E-state index in [-0.39, 0.29) is 0 Å². The molecule has 1 fully saturated rings. The van der Waals surface area contributed by atoms with Crippen LogP contribution in [0.1, 0.15) is 78.6 Å².